The lowest BCUT2D eigenvalue weighted by atomic mass is 10.3. The van der Waals surface area contributed by atoms with Crippen LogP contribution in [0.25, 0.3) is 11.0 Å². The van der Waals surface area contributed by atoms with Gasteiger partial charge in [0.05, 0.1) is 11.0 Å². The maximum absolute atomic E-state index is 13.2. The van der Waals surface area contributed by atoms with Crippen LogP contribution in [0.3, 0.4) is 0 Å². The van der Waals surface area contributed by atoms with Gasteiger partial charge in [0.25, 0.3) is 0 Å². The lowest BCUT2D eigenvalue weighted by Gasteiger charge is -2.13. The van der Waals surface area contributed by atoms with E-state index in [1.807, 2.05) is 48.5 Å². The quantitative estimate of drug-likeness (QED) is 0.388. The van der Waals surface area contributed by atoms with Gasteiger partial charge < -0.3 is 10.0 Å². The third kappa shape index (κ3) is 4.30. The van der Waals surface area contributed by atoms with E-state index in [0.717, 1.165) is 21.6 Å². The van der Waals surface area contributed by atoms with E-state index in [4.69, 9.17) is 11.6 Å². The fourth-order valence-electron chi connectivity index (χ4n) is 2.44. The number of halogens is 2. The Balaban J connectivity index is 1.65. The fraction of sp³-hybridized carbons (Fsp3) is 0. The Morgan fingerprint density at radius 1 is 0.778 bits per heavy atom. The van der Waals surface area contributed by atoms with E-state index in [2.05, 4.69) is 20.0 Å². The van der Waals surface area contributed by atoms with Gasteiger partial charge in [0.2, 0.25) is 0 Å². The van der Waals surface area contributed by atoms with Gasteiger partial charge in [-0.2, -0.15) is 0 Å². The van der Waals surface area contributed by atoms with Crippen LogP contribution < -0.4 is 10.0 Å². The molecule has 0 fully saturated rings. The molecule has 0 aliphatic rings. The van der Waals surface area contributed by atoms with Crippen LogP contribution >= 0.6 is 23.5 Å². The van der Waals surface area contributed by atoms with E-state index >= 15 is 0 Å². The van der Waals surface area contributed by atoms with Gasteiger partial charge in [-0.1, -0.05) is 23.7 Å². The summed E-state index contributed by atoms with van der Waals surface area (Å²) in [5.41, 5.74) is 2.27. The molecule has 0 saturated heterocycles. The fourth-order valence-corrected chi connectivity index (χ4v) is 3.19. The Kier molecular flexibility index (Phi) is 5.09. The largest absolute Gasteiger partial charge is 0.337 e. The normalized spacial score (nSPS) is 10.7. The van der Waals surface area contributed by atoms with Crippen molar-refractivity contribution in [3.8, 4) is 0 Å². The van der Waals surface area contributed by atoms with Crippen LogP contribution in [0.4, 0.5) is 21.7 Å². The Hall–Kier alpha value is -2.83. The van der Waals surface area contributed by atoms with Crippen molar-refractivity contribution in [1.29, 1.82) is 0 Å². The summed E-state index contributed by atoms with van der Waals surface area (Å²) in [4.78, 5) is 10.3. The third-order valence-corrected chi connectivity index (χ3v) is 4.81. The molecule has 0 radical (unpaired) electrons. The van der Waals surface area contributed by atoms with Gasteiger partial charge in [0.1, 0.15) is 5.82 Å². The van der Waals surface area contributed by atoms with Gasteiger partial charge in [0, 0.05) is 15.6 Å². The summed E-state index contributed by atoms with van der Waals surface area (Å²) in [6.45, 7) is 0. The minimum atomic E-state index is -0.290. The molecule has 134 valence electrons. The van der Waals surface area contributed by atoms with Gasteiger partial charge in [-0.25, -0.2) is 14.4 Å². The SMILES string of the molecule is Fc1ccc(Nc2nc3ccccc3nc2NSc2ccc(Cl)cc2)cc1. The van der Waals surface area contributed by atoms with Crippen LogP contribution in [-0.4, -0.2) is 9.97 Å². The lowest BCUT2D eigenvalue weighted by molar-refractivity contribution is 0.628. The zero-order chi connectivity index (χ0) is 18.6. The number of benzene rings is 3. The first kappa shape index (κ1) is 17.6. The molecular formula is C20H14ClFN4S. The van der Waals surface area contributed by atoms with Crippen molar-refractivity contribution in [2.45, 2.75) is 4.90 Å². The lowest BCUT2D eigenvalue weighted by Crippen LogP contribution is -2.02. The number of para-hydroxylation sites is 2. The molecule has 1 aromatic heterocycles. The summed E-state index contributed by atoms with van der Waals surface area (Å²) in [5, 5.41) is 3.88. The smallest absolute Gasteiger partial charge is 0.180 e. The molecular weight excluding hydrogens is 383 g/mol. The summed E-state index contributed by atoms with van der Waals surface area (Å²) in [7, 11) is 0. The average molecular weight is 397 g/mol. The van der Waals surface area contributed by atoms with E-state index in [9.17, 15) is 4.39 Å². The molecule has 0 saturated carbocycles. The molecule has 27 heavy (non-hydrogen) atoms. The van der Waals surface area contributed by atoms with Gasteiger partial charge >= 0.3 is 0 Å². The van der Waals surface area contributed by atoms with Crippen molar-refractivity contribution in [1.82, 2.24) is 9.97 Å². The van der Waals surface area contributed by atoms with E-state index in [1.165, 1.54) is 24.1 Å². The molecule has 3 aromatic carbocycles. The minimum absolute atomic E-state index is 0.290. The Labute approximate surface area is 164 Å². The average Bonchev–Trinajstić information content (AvgIpc) is 2.69. The highest BCUT2D eigenvalue weighted by Crippen LogP contribution is 2.29. The van der Waals surface area contributed by atoms with Crippen LogP contribution in [-0.2, 0) is 0 Å². The standard InChI is InChI=1S/C20H14ClFN4S/c21-13-5-11-16(12-6-13)27-26-20-19(23-15-9-7-14(22)8-10-15)24-17-3-1-2-4-18(17)25-20/h1-12H,(H,23,24)(H,25,26). The Morgan fingerprint density at radius 2 is 1.41 bits per heavy atom. The van der Waals surface area contributed by atoms with Crippen LogP contribution in [0.2, 0.25) is 5.02 Å². The molecule has 4 aromatic rings. The molecule has 7 heteroatoms. The first-order chi connectivity index (χ1) is 13.2. The second-order valence-corrected chi connectivity index (χ2v) is 7.02. The number of aromatic nitrogens is 2. The monoisotopic (exact) mass is 396 g/mol. The summed E-state index contributed by atoms with van der Waals surface area (Å²) < 4.78 is 16.4. The zero-order valence-corrected chi connectivity index (χ0v) is 15.6. The minimum Gasteiger partial charge on any atom is -0.337 e. The molecule has 0 unspecified atom stereocenters. The van der Waals surface area contributed by atoms with Crippen molar-refractivity contribution in [3.05, 3.63) is 83.6 Å². The number of hydrogen-bond acceptors (Lipinski definition) is 5. The number of anilines is 3. The van der Waals surface area contributed by atoms with E-state index in [0.29, 0.717) is 16.7 Å². The van der Waals surface area contributed by atoms with Crippen LogP contribution in [0.5, 0.6) is 0 Å². The molecule has 0 aliphatic heterocycles. The van der Waals surface area contributed by atoms with Crippen molar-refractivity contribution in [2.24, 2.45) is 0 Å². The summed E-state index contributed by atoms with van der Waals surface area (Å²) in [6, 6.07) is 21.2. The predicted octanol–water partition coefficient (Wildman–Crippen LogP) is 6.29. The molecule has 0 bridgehead atoms. The first-order valence-corrected chi connectivity index (χ1v) is 9.35. The van der Waals surface area contributed by atoms with Gasteiger partial charge in [-0.3, -0.25) is 0 Å². The maximum Gasteiger partial charge on any atom is 0.180 e. The van der Waals surface area contributed by atoms with Crippen LogP contribution in [0, 0.1) is 5.82 Å². The number of nitrogens with one attached hydrogen (secondary N) is 2. The second kappa shape index (κ2) is 7.82. The van der Waals surface area contributed by atoms with Crippen LogP contribution in [0.1, 0.15) is 0 Å². The number of nitrogens with zero attached hydrogens (tertiary/aromatic N) is 2. The second-order valence-electron chi connectivity index (χ2n) is 5.70. The molecule has 0 atom stereocenters. The number of hydrogen-bond donors (Lipinski definition) is 2. The van der Waals surface area contributed by atoms with Gasteiger partial charge in [-0.15, -0.1) is 0 Å². The highest BCUT2D eigenvalue weighted by atomic mass is 35.5. The van der Waals surface area contributed by atoms with Gasteiger partial charge in [0.15, 0.2) is 11.6 Å². The number of rotatable bonds is 5. The van der Waals surface area contributed by atoms with E-state index < -0.39 is 0 Å². The Bertz CT molecular complexity index is 1070. The summed E-state index contributed by atoms with van der Waals surface area (Å²) >= 11 is 7.34. The van der Waals surface area contributed by atoms with Crippen molar-refractivity contribution in [2.75, 3.05) is 10.0 Å². The summed E-state index contributed by atoms with van der Waals surface area (Å²) in [5.74, 6) is 0.849. The molecule has 0 aliphatic carbocycles. The molecule has 4 nitrogen and oxygen atoms in total. The third-order valence-electron chi connectivity index (χ3n) is 3.76. The van der Waals surface area contributed by atoms with Gasteiger partial charge in [-0.05, 0) is 72.6 Å². The topological polar surface area (TPSA) is 49.8 Å². The molecule has 0 amide bonds. The highest BCUT2D eigenvalue weighted by Gasteiger charge is 2.10. The maximum atomic E-state index is 13.2. The van der Waals surface area contributed by atoms with E-state index in [-0.39, 0.29) is 5.82 Å². The zero-order valence-electron chi connectivity index (χ0n) is 14.0. The predicted molar refractivity (Wildman–Crippen MR) is 110 cm³/mol. The Morgan fingerprint density at radius 3 is 2.07 bits per heavy atom. The molecule has 4 rings (SSSR count). The van der Waals surface area contributed by atoms with Crippen molar-refractivity contribution in [3.63, 3.8) is 0 Å². The summed E-state index contributed by atoms with van der Waals surface area (Å²) in [6.07, 6.45) is 0. The highest BCUT2D eigenvalue weighted by molar-refractivity contribution is 8.00. The number of fused-ring (bicyclic) bond motifs is 1. The molecule has 0 spiro atoms. The molecule has 1 heterocycles. The molecule has 2 N–H and O–H groups in total. The van der Waals surface area contributed by atoms with E-state index in [1.54, 1.807) is 12.1 Å². The van der Waals surface area contributed by atoms with Crippen molar-refractivity contribution < 1.29 is 4.39 Å². The first-order valence-electron chi connectivity index (χ1n) is 8.15. The van der Waals surface area contributed by atoms with Crippen molar-refractivity contribution >= 4 is 51.9 Å². The van der Waals surface area contributed by atoms with Crippen LogP contribution in [0.15, 0.2) is 77.7 Å².